The lowest BCUT2D eigenvalue weighted by molar-refractivity contribution is 0.00241. The summed E-state index contributed by atoms with van der Waals surface area (Å²) in [4.78, 5) is 0. The number of hydrogen-bond donors (Lipinski definition) is 0. The van der Waals surface area contributed by atoms with Gasteiger partial charge >= 0.3 is 0 Å². The van der Waals surface area contributed by atoms with E-state index in [1.807, 2.05) is 0 Å². The highest BCUT2D eigenvalue weighted by molar-refractivity contribution is 5.79. The predicted molar refractivity (Wildman–Crippen MR) is 377 cm³/mol. The molecule has 0 radical (unpaired) electrons. The minimum absolute atomic E-state index is 0.270. The van der Waals surface area contributed by atoms with Crippen LogP contribution < -0.4 is 37.9 Å². The molecule has 0 spiro atoms. The second-order valence-electron chi connectivity index (χ2n) is 25.6. The molecule has 0 saturated heterocycles. The van der Waals surface area contributed by atoms with E-state index in [9.17, 15) is 0 Å². The highest BCUT2D eigenvalue weighted by Gasteiger charge is 2.57. The van der Waals surface area contributed by atoms with Gasteiger partial charge in [-0.2, -0.15) is 10.5 Å². The largest absolute Gasteiger partial charge is 0.487 e. The highest BCUT2D eigenvalue weighted by atomic mass is 16.6. The van der Waals surface area contributed by atoms with Gasteiger partial charge in [-0.3, -0.25) is 0 Å². The molecule has 2 aliphatic heterocycles. The lowest BCUT2D eigenvalue weighted by Gasteiger charge is -2.54. The first-order chi connectivity index (χ1) is 50.1. The molecule has 0 aromatic heterocycles. The van der Waals surface area contributed by atoms with Gasteiger partial charge in [0.25, 0.3) is 0 Å². The Labute approximate surface area is 599 Å². The molecule has 6 aliphatic carbocycles. The van der Waals surface area contributed by atoms with Crippen molar-refractivity contribution in [2.24, 2.45) is 0 Å². The first-order valence-corrected chi connectivity index (χ1v) is 35.6. The van der Waals surface area contributed by atoms with E-state index < -0.39 is 21.7 Å². The van der Waals surface area contributed by atoms with Crippen LogP contribution in [0.3, 0.4) is 0 Å². The van der Waals surface area contributed by atoms with E-state index in [1.165, 1.54) is 36.1 Å². The molecule has 0 fully saturated rings. The van der Waals surface area contributed by atoms with Crippen molar-refractivity contribution in [2.75, 3.05) is 211 Å². The molecular weight excluding hydrogens is 1310 g/mol. The van der Waals surface area contributed by atoms with Crippen LogP contribution in [-0.2, 0) is 78.5 Å². The van der Waals surface area contributed by atoms with Crippen molar-refractivity contribution in [3.63, 3.8) is 0 Å². The summed E-state index contributed by atoms with van der Waals surface area (Å²) in [5.74, 6) is 4.81. The van der Waals surface area contributed by atoms with Gasteiger partial charge in [0.1, 0.15) is 52.9 Å². The fourth-order valence-electron chi connectivity index (χ4n) is 14.8. The molecule has 0 N–H and O–H groups in total. The van der Waals surface area contributed by atoms with Crippen LogP contribution in [0.5, 0.6) is 46.0 Å². The number of nitriles is 2. The summed E-state index contributed by atoms with van der Waals surface area (Å²) in [5.41, 5.74) is 11.0. The van der Waals surface area contributed by atoms with E-state index >= 15 is 0 Å². The summed E-state index contributed by atoms with van der Waals surface area (Å²) in [6.45, 7) is 22.8. The Kier molecular flexibility index (Phi) is 27.4. The third-order valence-corrected chi connectivity index (χ3v) is 19.5. The molecular formula is C80H98N2O20. The zero-order valence-corrected chi connectivity index (χ0v) is 59.9. The Bertz CT molecular complexity index is 3160. The van der Waals surface area contributed by atoms with E-state index in [0.717, 1.165) is 44.5 Å². The molecule has 102 heavy (non-hydrogen) atoms. The minimum atomic E-state index is -0.652. The van der Waals surface area contributed by atoms with Crippen molar-refractivity contribution >= 4 is 0 Å². The van der Waals surface area contributed by atoms with Gasteiger partial charge in [-0.15, -0.1) is 0 Å². The molecule has 0 atom stereocenters. The van der Waals surface area contributed by atoms with Crippen molar-refractivity contribution in [3.05, 3.63) is 164 Å². The van der Waals surface area contributed by atoms with Gasteiger partial charge in [0.15, 0.2) is 46.0 Å². The number of rotatable bonds is 0. The molecule has 6 aromatic carbocycles. The Hall–Kier alpha value is -7.78. The second-order valence-corrected chi connectivity index (χ2v) is 25.6. The Morgan fingerprint density at radius 3 is 0.431 bits per heavy atom. The molecule has 22 heteroatoms. The summed E-state index contributed by atoms with van der Waals surface area (Å²) in [5, 5.41) is 14.6. The van der Waals surface area contributed by atoms with Crippen molar-refractivity contribution < 1.29 is 94.7 Å². The number of fused-ring (bicyclic) bond motifs is 4. The highest BCUT2D eigenvalue weighted by Crippen LogP contribution is 2.66. The van der Waals surface area contributed by atoms with Gasteiger partial charge in [-0.05, 0) is 143 Å². The third-order valence-electron chi connectivity index (χ3n) is 19.5. The average molecular weight is 1410 g/mol. The second kappa shape index (κ2) is 37.1. The van der Waals surface area contributed by atoms with Crippen LogP contribution in [0.2, 0.25) is 0 Å². The van der Waals surface area contributed by atoms with Gasteiger partial charge in [0, 0.05) is 35.5 Å². The van der Waals surface area contributed by atoms with E-state index in [-0.39, 0.29) is 52.9 Å². The number of hydrogen-bond acceptors (Lipinski definition) is 22. The summed E-state index contributed by atoms with van der Waals surface area (Å²) >= 11 is 0. The maximum absolute atomic E-state index is 7.32. The molecule has 4 bridgehead atoms. The van der Waals surface area contributed by atoms with E-state index in [1.54, 1.807) is 12.1 Å². The van der Waals surface area contributed by atoms with Crippen LogP contribution in [0.4, 0.5) is 0 Å². The third kappa shape index (κ3) is 16.7. The first kappa shape index (κ1) is 75.4. The van der Waals surface area contributed by atoms with Gasteiger partial charge in [0.05, 0.1) is 171 Å². The zero-order chi connectivity index (χ0) is 71.0. The van der Waals surface area contributed by atoms with Crippen molar-refractivity contribution in [1.82, 2.24) is 0 Å². The molecule has 14 rings (SSSR count). The van der Waals surface area contributed by atoms with Crippen molar-refractivity contribution in [2.45, 2.75) is 63.2 Å². The van der Waals surface area contributed by atoms with Gasteiger partial charge in [-0.1, -0.05) is 48.5 Å². The predicted octanol–water partition coefficient (Wildman–Crippen LogP) is 10.4. The van der Waals surface area contributed by atoms with Crippen LogP contribution in [0.1, 0.15) is 108 Å². The van der Waals surface area contributed by atoms with Crippen LogP contribution in [0.25, 0.3) is 0 Å². The Balaban J connectivity index is 0.00000168. The SMILES string of the molecule is CC#N.CC#N.CC12c3ccccc3C3(C)c4cc5c(cc41)OCCOCCOCCOCCOc1cc4c(cc1OCCOCCOCCOCCO5)C1(C)c5ccccc5C4(C)c4cc5c(cc41)OCCOCCOCCOCCOc1cc3c2cc1OCCOCCOCCOCCO5. The van der Waals surface area contributed by atoms with Crippen molar-refractivity contribution in [3.8, 4) is 58.1 Å². The standard InChI is InChI=1S/C76H92O20.2C2H3N/c1-73-53-9-5-6-10-54(53)74(2)59-47-67-65(45-57(59)73)89-37-29-81-21-13-77-17-25-85-33-41-93-69-49-61-63(51-71(69)95-43-35-87-27-19-79-15-23-83-31-39-91-67)76(4)56-12-8-7-11-55(56)75(61,3)62-50-70-72(52-64(62)76)96-44-36-88-28-20-80-16-24-84-32-40-92-68-48-60(74)58(73)46-66(68)90-38-30-82-22-14-78-18-26-86-34-42-94-70;2*1-2-3/h5-12,45-52H,13-44H2,1-4H3;2*1H3. The first-order valence-electron chi connectivity index (χ1n) is 35.6. The van der Waals surface area contributed by atoms with E-state index in [0.29, 0.717) is 205 Å². The van der Waals surface area contributed by atoms with Gasteiger partial charge in [-0.25, -0.2) is 0 Å². The normalized spacial score (nSPS) is 24.2. The minimum Gasteiger partial charge on any atom is -0.487 e. The molecule has 22 nitrogen and oxygen atoms in total. The lowest BCUT2D eigenvalue weighted by atomic mass is 9.48. The molecule has 8 aliphatic rings. The van der Waals surface area contributed by atoms with Crippen LogP contribution in [0.15, 0.2) is 97.1 Å². The fourth-order valence-corrected chi connectivity index (χ4v) is 14.8. The lowest BCUT2D eigenvalue weighted by Crippen LogP contribution is -2.48. The van der Waals surface area contributed by atoms with E-state index in [4.69, 9.17) is 105 Å². The number of benzene rings is 6. The zero-order valence-electron chi connectivity index (χ0n) is 59.9. The topological polar surface area (TPSA) is 232 Å². The quantitative estimate of drug-likeness (QED) is 0.138. The van der Waals surface area contributed by atoms with Crippen LogP contribution in [-0.4, -0.2) is 211 Å². The summed E-state index contributed by atoms with van der Waals surface area (Å²) in [6.07, 6.45) is 0. The smallest absolute Gasteiger partial charge is 0.161 e. The van der Waals surface area contributed by atoms with Crippen LogP contribution >= 0.6 is 0 Å². The molecule has 2 heterocycles. The van der Waals surface area contributed by atoms with Gasteiger partial charge < -0.3 is 94.7 Å². The maximum atomic E-state index is 7.32. The molecule has 6 aromatic rings. The summed E-state index contributed by atoms with van der Waals surface area (Å²) in [6, 6.07) is 38.1. The fraction of sp³-hybridized carbons (Fsp3) is 0.525. The van der Waals surface area contributed by atoms with Crippen molar-refractivity contribution in [1.29, 1.82) is 10.5 Å². The number of nitrogens with zero attached hydrogens (tertiary/aromatic N) is 2. The Morgan fingerprint density at radius 1 is 0.206 bits per heavy atom. The maximum Gasteiger partial charge on any atom is 0.161 e. The molecule has 548 valence electrons. The summed E-state index contributed by atoms with van der Waals surface area (Å²) < 4.78 is 126. The van der Waals surface area contributed by atoms with Crippen LogP contribution in [0, 0.1) is 22.7 Å². The molecule has 0 amide bonds. The molecule has 0 unspecified atom stereocenters. The van der Waals surface area contributed by atoms with E-state index in [2.05, 4.69) is 125 Å². The number of ether oxygens (including phenoxy) is 20. The molecule has 0 saturated carbocycles. The van der Waals surface area contributed by atoms with Gasteiger partial charge in [0.2, 0.25) is 0 Å². The summed E-state index contributed by atoms with van der Waals surface area (Å²) in [7, 11) is 0. The average Bonchev–Trinajstić information content (AvgIpc) is 0.671. The monoisotopic (exact) mass is 1410 g/mol. The Morgan fingerprint density at radius 2 is 0.314 bits per heavy atom.